The number of carbonyl (C=O) groups is 2. The van der Waals surface area contributed by atoms with E-state index in [4.69, 9.17) is 9.47 Å². The van der Waals surface area contributed by atoms with Crippen molar-refractivity contribution in [2.24, 2.45) is 0 Å². The summed E-state index contributed by atoms with van der Waals surface area (Å²) in [5, 5.41) is 12.2. The van der Waals surface area contributed by atoms with Crippen LogP contribution in [0, 0.1) is 0 Å². The third-order valence-electron chi connectivity index (χ3n) is 4.18. The molecule has 1 aromatic carbocycles. The van der Waals surface area contributed by atoms with Crippen molar-refractivity contribution in [1.82, 2.24) is 4.90 Å². The van der Waals surface area contributed by atoms with Crippen molar-refractivity contribution in [3.63, 3.8) is 0 Å². The number of carboxylic acid groups (broad SMARTS) is 1. The molecule has 1 aliphatic heterocycles. The van der Waals surface area contributed by atoms with E-state index in [9.17, 15) is 14.7 Å². The van der Waals surface area contributed by atoms with Crippen molar-refractivity contribution in [2.45, 2.75) is 31.7 Å². The predicted molar refractivity (Wildman–Crippen MR) is 89.6 cm³/mol. The van der Waals surface area contributed by atoms with Crippen LogP contribution in [0.3, 0.4) is 0 Å². The first-order valence-electron chi connectivity index (χ1n) is 8.04. The van der Waals surface area contributed by atoms with Crippen molar-refractivity contribution >= 4 is 17.6 Å². The second kappa shape index (κ2) is 8.54. The van der Waals surface area contributed by atoms with Gasteiger partial charge in [0.15, 0.2) is 0 Å². The van der Waals surface area contributed by atoms with E-state index < -0.39 is 12.0 Å². The SMILES string of the molecule is COc1ccc(NC(=O)CC(C(=O)O)N2CCCCC2)c(OC)c1. The maximum atomic E-state index is 12.3. The van der Waals surface area contributed by atoms with Crippen LogP contribution in [0.15, 0.2) is 18.2 Å². The van der Waals surface area contributed by atoms with Crippen molar-refractivity contribution < 1.29 is 24.2 Å². The standard InChI is InChI=1S/C17H24N2O5/c1-23-12-6-7-13(15(10-12)24-2)18-16(20)11-14(17(21)22)19-8-4-3-5-9-19/h6-7,10,14H,3-5,8-9,11H2,1-2H3,(H,18,20)(H,21,22). The van der Waals surface area contributed by atoms with Crippen LogP contribution in [-0.4, -0.2) is 55.2 Å². The van der Waals surface area contributed by atoms with Gasteiger partial charge in [-0.3, -0.25) is 14.5 Å². The van der Waals surface area contributed by atoms with Gasteiger partial charge in [0.25, 0.3) is 0 Å². The first-order valence-corrected chi connectivity index (χ1v) is 8.04. The molecule has 1 atom stereocenters. The third-order valence-corrected chi connectivity index (χ3v) is 4.18. The summed E-state index contributed by atoms with van der Waals surface area (Å²) >= 11 is 0. The number of methoxy groups -OCH3 is 2. The molecule has 2 rings (SSSR count). The fraction of sp³-hybridized carbons (Fsp3) is 0.529. The van der Waals surface area contributed by atoms with E-state index in [1.54, 1.807) is 25.3 Å². The van der Waals surface area contributed by atoms with Crippen LogP contribution in [0.25, 0.3) is 0 Å². The van der Waals surface area contributed by atoms with Gasteiger partial charge >= 0.3 is 5.97 Å². The van der Waals surface area contributed by atoms with Crippen LogP contribution in [0.2, 0.25) is 0 Å². The molecule has 1 aliphatic rings. The van der Waals surface area contributed by atoms with Crippen LogP contribution in [0.5, 0.6) is 11.5 Å². The third kappa shape index (κ3) is 4.61. The fourth-order valence-electron chi connectivity index (χ4n) is 2.88. The highest BCUT2D eigenvalue weighted by Crippen LogP contribution is 2.29. The van der Waals surface area contributed by atoms with Crippen LogP contribution in [0.1, 0.15) is 25.7 Å². The van der Waals surface area contributed by atoms with Crippen LogP contribution in [0.4, 0.5) is 5.69 Å². The highest BCUT2D eigenvalue weighted by Gasteiger charge is 2.29. The number of ether oxygens (including phenoxy) is 2. The Hall–Kier alpha value is -2.28. The van der Waals surface area contributed by atoms with Crippen molar-refractivity contribution in [3.05, 3.63) is 18.2 Å². The Bertz CT molecular complexity index is 584. The van der Waals surface area contributed by atoms with Gasteiger partial charge in [0, 0.05) is 6.07 Å². The highest BCUT2D eigenvalue weighted by molar-refractivity contribution is 5.95. The molecule has 0 radical (unpaired) electrons. The number of carboxylic acids is 1. The molecular weight excluding hydrogens is 312 g/mol. The lowest BCUT2D eigenvalue weighted by Crippen LogP contribution is -2.45. The molecule has 0 saturated carbocycles. The van der Waals surface area contributed by atoms with Crippen LogP contribution >= 0.6 is 0 Å². The number of aliphatic carboxylic acids is 1. The second-order valence-corrected chi connectivity index (χ2v) is 5.77. The van der Waals surface area contributed by atoms with Crippen LogP contribution in [-0.2, 0) is 9.59 Å². The zero-order valence-corrected chi connectivity index (χ0v) is 14.1. The molecule has 1 heterocycles. The largest absolute Gasteiger partial charge is 0.497 e. The van der Waals surface area contributed by atoms with E-state index in [2.05, 4.69) is 5.32 Å². The van der Waals surface area contributed by atoms with Gasteiger partial charge in [-0.05, 0) is 38.1 Å². The Kier molecular flexibility index (Phi) is 6.43. The number of hydrogen-bond donors (Lipinski definition) is 2. The molecule has 1 aromatic rings. The lowest BCUT2D eigenvalue weighted by atomic mass is 10.1. The zero-order valence-electron chi connectivity index (χ0n) is 14.1. The Morgan fingerprint density at radius 1 is 1.21 bits per heavy atom. The summed E-state index contributed by atoms with van der Waals surface area (Å²) in [6.07, 6.45) is 2.96. The molecule has 1 fully saturated rings. The molecule has 1 amide bonds. The fourth-order valence-corrected chi connectivity index (χ4v) is 2.88. The van der Waals surface area contributed by atoms with E-state index in [0.29, 0.717) is 17.2 Å². The first-order chi connectivity index (χ1) is 11.5. The van der Waals surface area contributed by atoms with Crippen LogP contribution < -0.4 is 14.8 Å². The summed E-state index contributed by atoms with van der Waals surface area (Å²) in [4.78, 5) is 25.7. The molecular formula is C17H24N2O5. The predicted octanol–water partition coefficient (Wildman–Crippen LogP) is 1.97. The molecule has 132 valence electrons. The maximum absolute atomic E-state index is 12.3. The van der Waals surface area contributed by atoms with E-state index in [1.165, 1.54) is 7.11 Å². The molecule has 0 bridgehead atoms. The lowest BCUT2D eigenvalue weighted by molar-refractivity contribution is -0.145. The Morgan fingerprint density at radius 3 is 2.50 bits per heavy atom. The minimum atomic E-state index is -0.964. The summed E-state index contributed by atoms with van der Waals surface area (Å²) < 4.78 is 10.4. The second-order valence-electron chi connectivity index (χ2n) is 5.77. The smallest absolute Gasteiger partial charge is 0.321 e. The van der Waals surface area contributed by atoms with Gasteiger partial charge in [-0.2, -0.15) is 0 Å². The topological polar surface area (TPSA) is 88.1 Å². The van der Waals surface area contributed by atoms with Gasteiger partial charge in [-0.15, -0.1) is 0 Å². The van der Waals surface area contributed by atoms with Gasteiger partial charge in [-0.1, -0.05) is 6.42 Å². The molecule has 0 spiro atoms. The lowest BCUT2D eigenvalue weighted by Gasteiger charge is -2.31. The Balaban J connectivity index is 2.04. The normalized spacial score (nSPS) is 16.2. The van der Waals surface area contributed by atoms with E-state index in [-0.39, 0.29) is 12.3 Å². The average Bonchev–Trinajstić information content (AvgIpc) is 2.60. The molecule has 0 aliphatic carbocycles. The number of nitrogens with zero attached hydrogens (tertiary/aromatic N) is 1. The molecule has 1 saturated heterocycles. The van der Waals surface area contributed by atoms with Gasteiger partial charge in [0.1, 0.15) is 17.5 Å². The average molecular weight is 336 g/mol. The highest BCUT2D eigenvalue weighted by atomic mass is 16.5. The number of benzene rings is 1. The van der Waals surface area contributed by atoms with Crippen molar-refractivity contribution in [2.75, 3.05) is 32.6 Å². The number of likely N-dealkylation sites (tertiary alicyclic amines) is 1. The number of anilines is 1. The summed E-state index contributed by atoms with van der Waals surface area (Å²) in [6.45, 7) is 1.44. The maximum Gasteiger partial charge on any atom is 0.321 e. The number of nitrogens with one attached hydrogen (secondary N) is 1. The first kappa shape index (κ1) is 18.1. The molecule has 7 heteroatoms. The monoisotopic (exact) mass is 336 g/mol. The molecule has 1 unspecified atom stereocenters. The summed E-state index contributed by atoms with van der Waals surface area (Å²) in [5.74, 6) is -0.237. The van der Waals surface area contributed by atoms with Crippen molar-refractivity contribution in [1.29, 1.82) is 0 Å². The van der Waals surface area contributed by atoms with Gasteiger partial charge in [-0.25, -0.2) is 0 Å². The van der Waals surface area contributed by atoms with Gasteiger partial charge in [0.2, 0.25) is 5.91 Å². The van der Waals surface area contributed by atoms with E-state index in [1.807, 2.05) is 4.90 Å². The number of amides is 1. The number of hydrogen-bond acceptors (Lipinski definition) is 5. The minimum absolute atomic E-state index is 0.0927. The molecule has 2 N–H and O–H groups in total. The summed E-state index contributed by atoms with van der Waals surface area (Å²) in [7, 11) is 3.04. The quantitative estimate of drug-likeness (QED) is 0.791. The number of piperidine rings is 1. The van der Waals surface area contributed by atoms with Crippen molar-refractivity contribution in [3.8, 4) is 11.5 Å². The minimum Gasteiger partial charge on any atom is -0.497 e. The van der Waals surface area contributed by atoms with Gasteiger partial charge < -0.3 is 19.9 Å². The van der Waals surface area contributed by atoms with Gasteiger partial charge in [0.05, 0.1) is 26.3 Å². The van der Waals surface area contributed by atoms with E-state index >= 15 is 0 Å². The molecule has 0 aromatic heterocycles. The number of carbonyl (C=O) groups excluding carboxylic acids is 1. The Morgan fingerprint density at radius 2 is 1.92 bits per heavy atom. The summed E-state index contributed by atoms with van der Waals surface area (Å²) in [6, 6.07) is 4.24. The van der Waals surface area contributed by atoms with E-state index in [0.717, 1.165) is 32.4 Å². The Labute approximate surface area is 141 Å². The number of rotatable bonds is 7. The molecule has 24 heavy (non-hydrogen) atoms. The zero-order chi connectivity index (χ0) is 17.5. The summed E-state index contributed by atoms with van der Waals surface area (Å²) in [5.41, 5.74) is 0.492. The molecule has 7 nitrogen and oxygen atoms in total.